The van der Waals surface area contributed by atoms with Crippen molar-refractivity contribution in [2.45, 2.75) is 64.6 Å². The summed E-state index contributed by atoms with van der Waals surface area (Å²) in [5.41, 5.74) is -0.592. The van der Waals surface area contributed by atoms with E-state index in [4.69, 9.17) is 0 Å². The van der Waals surface area contributed by atoms with Gasteiger partial charge in [0.25, 0.3) is 5.91 Å². The second-order valence-electron chi connectivity index (χ2n) is 6.44. The molecule has 0 saturated carbocycles. The summed E-state index contributed by atoms with van der Waals surface area (Å²) in [7, 11) is 1.78. The number of piperidine rings is 1. The predicted octanol–water partition coefficient (Wildman–Crippen LogP) is 1.92. The number of carbonyl (C=O) groups excluding carboxylic acids is 2. The van der Waals surface area contributed by atoms with E-state index in [1.54, 1.807) is 11.9 Å². The van der Waals surface area contributed by atoms with Gasteiger partial charge in [0.15, 0.2) is 0 Å². The van der Waals surface area contributed by atoms with E-state index in [0.717, 1.165) is 32.4 Å². The molecule has 0 aromatic rings. The van der Waals surface area contributed by atoms with E-state index in [2.05, 4.69) is 18.7 Å². The quantitative estimate of drug-likeness (QED) is 0.742. The molecule has 2 rings (SSSR count). The van der Waals surface area contributed by atoms with Crippen molar-refractivity contribution >= 4 is 11.9 Å². The van der Waals surface area contributed by atoms with Gasteiger partial charge in [-0.1, -0.05) is 6.92 Å². The molecule has 2 aliphatic rings. The van der Waals surface area contributed by atoms with Gasteiger partial charge in [-0.3, -0.25) is 9.69 Å². The second-order valence-corrected chi connectivity index (χ2v) is 6.44. The molecule has 2 saturated heterocycles. The van der Waals surface area contributed by atoms with E-state index in [1.807, 2.05) is 13.8 Å². The lowest BCUT2D eigenvalue weighted by atomic mass is 9.85. The SMILES string of the molecule is CC[C@H](C)N1CCC2(CC1)C(=O)N(C(C)C)C(=O)N2C. The van der Waals surface area contributed by atoms with Gasteiger partial charge in [-0.05, 0) is 40.0 Å². The average Bonchev–Trinajstić information content (AvgIpc) is 2.61. The van der Waals surface area contributed by atoms with Crippen LogP contribution in [0.1, 0.15) is 47.0 Å². The molecule has 5 nitrogen and oxygen atoms in total. The molecular formula is C15H27N3O2. The minimum Gasteiger partial charge on any atom is -0.312 e. The second kappa shape index (κ2) is 5.35. The number of likely N-dealkylation sites (N-methyl/N-ethyl adjacent to an activating group) is 1. The van der Waals surface area contributed by atoms with Gasteiger partial charge in [-0.15, -0.1) is 0 Å². The zero-order valence-corrected chi connectivity index (χ0v) is 13.3. The third-order valence-electron chi connectivity index (χ3n) is 5.11. The van der Waals surface area contributed by atoms with Gasteiger partial charge in [-0.2, -0.15) is 0 Å². The summed E-state index contributed by atoms with van der Waals surface area (Å²) < 4.78 is 0. The fraction of sp³-hybridized carbons (Fsp3) is 0.867. The van der Waals surface area contributed by atoms with E-state index in [9.17, 15) is 9.59 Å². The van der Waals surface area contributed by atoms with E-state index < -0.39 is 5.54 Å². The first-order valence-electron chi connectivity index (χ1n) is 7.70. The first-order chi connectivity index (χ1) is 9.35. The Hall–Kier alpha value is -1.10. The molecule has 0 bridgehead atoms. The minimum atomic E-state index is -0.592. The maximum absolute atomic E-state index is 12.7. The predicted molar refractivity (Wildman–Crippen MR) is 78.4 cm³/mol. The smallest absolute Gasteiger partial charge is 0.312 e. The van der Waals surface area contributed by atoms with Crippen LogP contribution in [0.25, 0.3) is 0 Å². The highest BCUT2D eigenvalue weighted by molar-refractivity contribution is 6.07. The third-order valence-corrected chi connectivity index (χ3v) is 5.11. The van der Waals surface area contributed by atoms with Crippen LogP contribution in [0.3, 0.4) is 0 Å². The van der Waals surface area contributed by atoms with Crippen LogP contribution in [-0.2, 0) is 4.79 Å². The number of rotatable bonds is 3. The highest BCUT2D eigenvalue weighted by atomic mass is 16.2. The van der Waals surface area contributed by atoms with Gasteiger partial charge in [0, 0.05) is 32.2 Å². The molecule has 0 radical (unpaired) electrons. The Morgan fingerprint density at radius 3 is 2.10 bits per heavy atom. The molecule has 3 amide bonds. The van der Waals surface area contributed by atoms with E-state index in [-0.39, 0.29) is 18.0 Å². The Bertz CT molecular complexity index is 400. The van der Waals surface area contributed by atoms with E-state index >= 15 is 0 Å². The van der Waals surface area contributed by atoms with Crippen molar-refractivity contribution in [1.82, 2.24) is 14.7 Å². The van der Waals surface area contributed by atoms with Crippen molar-refractivity contribution in [3.63, 3.8) is 0 Å². The topological polar surface area (TPSA) is 43.9 Å². The fourth-order valence-electron chi connectivity index (χ4n) is 3.40. The normalized spacial score (nSPS) is 25.1. The minimum absolute atomic E-state index is 0.00352. The van der Waals surface area contributed by atoms with Crippen molar-refractivity contribution in [1.29, 1.82) is 0 Å². The van der Waals surface area contributed by atoms with Crippen molar-refractivity contribution in [2.75, 3.05) is 20.1 Å². The van der Waals surface area contributed by atoms with Gasteiger partial charge < -0.3 is 9.80 Å². The standard InChI is InChI=1S/C15H27N3O2/c1-6-12(4)17-9-7-15(8-10-17)13(19)18(11(2)3)14(20)16(15)5/h11-12H,6-10H2,1-5H3/t12-/m0/s1. The number of nitrogens with zero attached hydrogens (tertiary/aromatic N) is 3. The van der Waals surface area contributed by atoms with Crippen LogP contribution in [-0.4, -0.2) is 64.4 Å². The maximum Gasteiger partial charge on any atom is 0.327 e. The zero-order chi connectivity index (χ0) is 15.1. The summed E-state index contributed by atoms with van der Waals surface area (Å²) in [6.07, 6.45) is 2.62. The number of amides is 3. The van der Waals surface area contributed by atoms with Crippen LogP contribution in [0.15, 0.2) is 0 Å². The van der Waals surface area contributed by atoms with Gasteiger partial charge in [0.2, 0.25) is 0 Å². The van der Waals surface area contributed by atoms with E-state index in [0.29, 0.717) is 6.04 Å². The summed E-state index contributed by atoms with van der Waals surface area (Å²) in [6.45, 7) is 10.00. The largest absolute Gasteiger partial charge is 0.327 e. The molecule has 5 heteroatoms. The lowest BCUT2D eigenvalue weighted by molar-refractivity contribution is -0.136. The molecule has 2 aliphatic heterocycles. The zero-order valence-electron chi connectivity index (χ0n) is 13.3. The molecular weight excluding hydrogens is 254 g/mol. The summed E-state index contributed by atoms with van der Waals surface area (Å²) >= 11 is 0. The molecule has 2 fully saturated rings. The Morgan fingerprint density at radius 2 is 1.70 bits per heavy atom. The van der Waals surface area contributed by atoms with Gasteiger partial charge in [0.1, 0.15) is 5.54 Å². The average molecular weight is 281 g/mol. The van der Waals surface area contributed by atoms with Crippen LogP contribution < -0.4 is 0 Å². The fourth-order valence-corrected chi connectivity index (χ4v) is 3.40. The molecule has 1 spiro atoms. The molecule has 0 aromatic heterocycles. The Morgan fingerprint density at radius 1 is 1.15 bits per heavy atom. The first-order valence-corrected chi connectivity index (χ1v) is 7.70. The number of likely N-dealkylation sites (tertiary alicyclic amines) is 1. The Balaban J connectivity index is 2.17. The first kappa shape index (κ1) is 15.3. The lowest BCUT2D eigenvalue weighted by Gasteiger charge is -2.42. The number of hydrogen-bond donors (Lipinski definition) is 0. The summed E-state index contributed by atoms with van der Waals surface area (Å²) in [4.78, 5) is 30.6. The number of carbonyl (C=O) groups is 2. The van der Waals surface area contributed by atoms with Crippen LogP contribution in [0, 0.1) is 0 Å². The molecule has 0 unspecified atom stereocenters. The number of hydrogen-bond acceptors (Lipinski definition) is 3. The van der Waals surface area contributed by atoms with Crippen molar-refractivity contribution in [3.8, 4) is 0 Å². The van der Waals surface area contributed by atoms with Gasteiger partial charge in [0.05, 0.1) is 0 Å². The molecule has 114 valence electrons. The lowest BCUT2D eigenvalue weighted by Crippen LogP contribution is -2.56. The molecule has 0 aliphatic carbocycles. The summed E-state index contributed by atoms with van der Waals surface area (Å²) in [6, 6.07) is 0.345. The summed E-state index contributed by atoms with van der Waals surface area (Å²) in [5, 5.41) is 0. The van der Waals surface area contributed by atoms with Crippen LogP contribution in [0.4, 0.5) is 4.79 Å². The molecule has 20 heavy (non-hydrogen) atoms. The van der Waals surface area contributed by atoms with Gasteiger partial charge >= 0.3 is 6.03 Å². The highest BCUT2D eigenvalue weighted by Gasteiger charge is 2.57. The highest BCUT2D eigenvalue weighted by Crippen LogP contribution is 2.37. The third kappa shape index (κ3) is 2.12. The maximum atomic E-state index is 12.7. The monoisotopic (exact) mass is 281 g/mol. The molecule has 2 heterocycles. The molecule has 0 aromatic carbocycles. The van der Waals surface area contributed by atoms with Crippen molar-refractivity contribution in [2.24, 2.45) is 0 Å². The number of imide groups is 1. The van der Waals surface area contributed by atoms with Crippen molar-refractivity contribution < 1.29 is 9.59 Å². The number of urea groups is 1. The van der Waals surface area contributed by atoms with Crippen molar-refractivity contribution in [3.05, 3.63) is 0 Å². The Kier molecular flexibility index (Phi) is 4.09. The van der Waals surface area contributed by atoms with E-state index in [1.165, 1.54) is 4.90 Å². The summed E-state index contributed by atoms with van der Waals surface area (Å²) in [5.74, 6) is 0.00352. The molecule has 0 N–H and O–H groups in total. The van der Waals surface area contributed by atoms with Crippen LogP contribution in [0.2, 0.25) is 0 Å². The van der Waals surface area contributed by atoms with Crippen LogP contribution >= 0.6 is 0 Å². The van der Waals surface area contributed by atoms with Crippen LogP contribution in [0.5, 0.6) is 0 Å². The van der Waals surface area contributed by atoms with Gasteiger partial charge in [-0.25, -0.2) is 4.79 Å². The Labute approximate surface area is 121 Å². The molecule has 1 atom stereocenters.